The summed E-state index contributed by atoms with van der Waals surface area (Å²) in [5, 5.41) is 0.438. The molecule has 6 heteroatoms. The van der Waals surface area contributed by atoms with Crippen LogP contribution in [-0.2, 0) is 11.3 Å². The maximum Gasteiger partial charge on any atom is 0.332 e. The van der Waals surface area contributed by atoms with E-state index < -0.39 is 5.69 Å². The smallest absolute Gasteiger partial charge is 0.314 e. The van der Waals surface area contributed by atoms with Crippen LogP contribution < -0.4 is 16.1 Å². The van der Waals surface area contributed by atoms with E-state index in [0.717, 1.165) is 5.69 Å². The van der Waals surface area contributed by atoms with Gasteiger partial charge in [0, 0.05) is 18.8 Å². The molecule has 3 rings (SSSR count). The number of carbonyl (C=O) groups is 1. The summed E-state index contributed by atoms with van der Waals surface area (Å²) in [7, 11) is 1.68. The Balaban J connectivity index is 2.12. The molecule has 1 heterocycles. The van der Waals surface area contributed by atoms with Crippen molar-refractivity contribution >= 4 is 22.5 Å². The van der Waals surface area contributed by atoms with Gasteiger partial charge in [0.25, 0.3) is 5.56 Å². The first-order chi connectivity index (χ1) is 13.0. The second-order valence-corrected chi connectivity index (χ2v) is 6.61. The first kappa shape index (κ1) is 18.6. The summed E-state index contributed by atoms with van der Waals surface area (Å²) >= 11 is 0. The van der Waals surface area contributed by atoms with E-state index in [4.69, 9.17) is 0 Å². The number of aromatic nitrogens is 2. The van der Waals surface area contributed by atoms with Gasteiger partial charge in [0.15, 0.2) is 0 Å². The molecular formula is C21H23N3O3. The van der Waals surface area contributed by atoms with Crippen molar-refractivity contribution in [2.24, 2.45) is 0 Å². The lowest BCUT2D eigenvalue weighted by Crippen LogP contribution is -2.44. The minimum Gasteiger partial charge on any atom is -0.314 e. The van der Waals surface area contributed by atoms with Crippen molar-refractivity contribution < 1.29 is 4.79 Å². The highest BCUT2D eigenvalue weighted by molar-refractivity contribution is 5.93. The zero-order valence-corrected chi connectivity index (χ0v) is 15.8. The van der Waals surface area contributed by atoms with Gasteiger partial charge in [-0.15, -0.1) is 0 Å². The van der Waals surface area contributed by atoms with Gasteiger partial charge < -0.3 is 4.90 Å². The lowest BCUT2D eigenvalue weighted by molar-refractivity contribution is -0.118. The highest BCUT2D eigenvalue weighted by atomic mass is 16.2. The van der Waals surface area contributed by atoms with Gasteiger partial charge in [0.1, 0.15) is 6.54 Å². The van der Waals surface area contributed by atoms with E-state index in [9.17, 15) is 14.4 Å². The van der Waals surface area contributed by atoms with E-state index in [1.165, 1.54) is 14.0 Å². The molecule has 0 unspecified atom stereocenters. The molecule has 27 heavy (non-hydrogen) atoms. The van der Waals surface area contributed by atoms with Crippen molar-refractivity contribution in [3.05, 3.63) is 75.4 Å². The van der Waals surface area contributed by atoms with Crippen molar-refractivity contribution in [3.63, 3.8) is 0 Å². The first-order valence-corrected chi connectivity index (χ1v) is 9.01. The third kappa shape index (κ3) is 3.43. The average molecular weight is 365 g/mol. The fourth-order valence-electron chi connectivity index (χ4n) is 3.10. The van der Waals surface area contributed by atoms with E-state index in [1.54, 1.807) is 31.3 Å². The van der Waals surface area contributed by atoms with Gasteiger partial charge in [-0.1, -0.05) is 37.3 Å². The number of hydrogen-bond acceptors (Lipinski definition) is 3. The molecule has 3 aromatic rings. The van der Waals surface area contributed by atoms with Gasteiger partial charge in [-0.3, -0.25) is 18.7 Å². The summed E-state index contributed by atoms with van der Waals surface area (Å²) in [6, 6.07) is 15.9. The summed E-state index contributed by atoms with van der Waals surface area (Å²) < 4.78 is 2.64. The Bertz CT molecular complexity index is 1080. The number of nitrogens with zero attached hydrogens (tertiary/aromatic N) is 3. The SMILES string of the molecule is CC[C@H](C)n1c(=O)c2ccccc2n(CC(=O)N(C)c2ccccc2)c1=O. The van der Waals surface area contributed by atoms with Crippen LogP contribution in [0.2, 0.25) is 0 Å². The van der Waals surface area contributed by atoms with E-state index >= 15 is 0 Å². The molecule has 0 spiro atoms. The number of carbonyl (C=O) groups excluding carboxylic acids is 1. The van der Waals surface area contributed by atoms with Gasteiger partial charge in [-0.2, -0.15) is 0 Å². The fraction of sp³-hybridized carbons (Fsp3) is 0.286. The van der Waals surface area contributed by atoms with Crippen molar-refractivity contribution in [1.29, 1.82) is 0 Å². The van der Waals surface area contributed by atoms with Crippen LogP contribution in [0.1, 0.15) is 26.3 Å². The Kier molecular flexibility index (Phi) is 5.26. The van der Waals surface area contributed by atoms with Gasteiger partial charge in [0.2, 0.25) is 5.91 Å². The van der Waals surface area contributed by atoms with Crippen molar-refractivity contribution in [3.8, 4) is 0 Å². The molecule has 6 nitrogen and oxygen atoms in total. The van der Waals surface area contributed by atoms with Crippen LogP contribution in [0.25, 0.3) is 10.9 Å². The van der Waals surface area contributed by atoms with Gasteiger partial charge in [0.05, 0.1) is 10.9 Å². The van der Waals surface area contributed by atoms with Crippen molar-refractivity contribution in [2.45, 2.75) is 32.9 Å². The monoisotopic (exact) mass is 365 g/mol. The third-order valence-electron chi connectivity index (χ3n) is 4.92. The second-order valence-electron chi connectivity index (χ2n) is 6.61. The molecule has 1 amide bonds. The minimum absolute atomic E-state index is 0.137. The number of benzene rings is 2. The minimum atomic E-state index is -0.456. The van der Waals surface area contributed by atoms with E-state index in [0.29, 0.717) is 17.3 Å². The standard InChI is InChI=1S/C21H23N3O3/c1-4-15(2)24-20(26)17-12-8-9-13-18(17)23(21(24)27)14-19(25)22(3)16-10-6-5-7-11-16/h5-13,15H,4,14H2,1-3H3/t15-/m0/s1. The molecule has 1 aromatic heterocycles. The van der Waals surface area contributed by atoms with Gasteiger partial charge >= 0.3 is 5.69 Å². The summed E-state index contributed by atoms with van der Waals surface area (Å²) in [5.41, 5.74) is 0.449. The highest BCUT2D eigenvalue weighted by Crippen LogP contribution is 2.14. The predicted molar refractivity (Wildman–Crippen MR) is 107 cm³/mol. The molecule has 0 aliphatic rings. The molecule has 0 saturated heterocycles. The van der Waals surface area contributed by atoms with Crippen molar-refractivity contribution in [1.82, 2.24) is 9.13 Å². The Hall–Kier alpha value is -3.15. The predicted octanol–water partition coefficient (Wildman–Crippen LogP) is 2.80. The third-order valence-corrected chi connectivity index (χ3v) is 4.92. The fourth-order valence-corrected chi connectivity index (χ4v) is 3.10. The zero-order chi connectivity index (χ0) is 19.6. The molecule has 140 valence electrons. The molecule has 1 atom stereocenters. The first-order valence-electron chi connectivity index (χ1n) is 9.01. The quantitative estimate of drug-likeness (QED) is 0.698. The maximum absolute atomic E-state index is 13.1. The van der Waals surface area contributed by atoms with Crippen LogP contribution in [0.3, 0.4) is 0 Å². The summed E-state index contributed by atoms with van der Waals surface area (Å²) in [6.45, 7) is 3.62. The molecule has 0 fully saturated rings. The molecule has 0 aliphatic carbocycles. The summed E-state index contributed by atoms with van der Waals surface area (Å²) in [5.74, 6) is -0.234. The molecule has 2 aromatic carbocycles. The van der Waals surface area contributed by atoms with Crippen molar-refractivity contribution in [2.75, 3.05) is 11.9 Å². The topological polar surface area (TPSA) is 64.3 Å². The number of fused-ring (bicyclic) bond motifs is 1. The Morgan fingerprint density at radius 2 is 1.67 bits per heavy atom. The Morgan fingerprint density at radius 1 is 1.04 bits per heavy atom. The molecule has 0 N–H and O–H groups in total. The Morgan fingerprint density at radius 3 is 2.33 bits per heavy atom. The Labute approximate surface area is 157 Å². The molecule has 0 saturated carbocycles. The van der Waals surface area contributed by atoms with Crippen LogP contribution in [0.4, 0.5) is 5.69 Å². The lowest BCUT2D eigenvalue weighted by atomic mass is 10.2. The highest BCUT2D eigenvalue weighted by Gasteiger charge is 2.19. The molecule has 0 radical (unpaired) electrons. The molecule has 0 bridgehead atoms. The molecule has 0 aliphatic heterocycles. The average Bonchev–Trinajstić information content (AvgIpc) is 2.70. The number of anilines is 1. The normalized spacial score (nSPS) is 12.1. The zero-order valence-electron chi connectivity index (χ0n) is 15.8. The van der Waals surface area contributed by atoms with E-state index in [-0.39, 0.29) is 24.1 Å². The molecular weight excluding hydrogens is 342 g/mol. The van der Waals surface area contributed by atoms with Crippen LogP contribution in [0.5, 0.6) is 0 Å². The van der Waals surface area contributed by atoms with Crippen LogP contribution in [-0.4, -0.2) is 22.1 Å². The van der Waals surface area contributed by atoms with Gasteiger partial charge in [-0.25, -0.2) is 4.79 Å². The van der Waals surface area contributed by atoms with Crippen LogP contribution in [0, 0.1) is 0 Å². The number of para-hydroxylation sites is 2. The number of amides is 1. The summed E-state index contributed by atoms with van der Waals surface area (Å²) in [4.78, 5) is 40.2. The number of likely N-dealkylation sites (N-methyl/N-ethyl adjacent to an activating group) is 1. The van der Waals surface area contributed by atoms with Crippen LogP contribution >= 0.6 is 0 Å². The second kappa shape index (κ2) is 7.61. The van der Waals surface area contributed by atoms with E-state index in [1.807, 2.05) is 44.2 Å². The maximum atomic E-state index is 13.1. The lowest BCUT2D eigenvalue weighted by Gasteiger charge is -2.20. The van der Waals surface area contributed by atoms with E-state index in [2.05, 4.69) is 0 Å². The number of rotatable bonds is 5. The van der Waals surface area contributed by atoms with Crippen LogP contribution in [0.15, 0.2) is 64.2 Å². The van der Waals surface area contributed by atoms with Gasteiger partial charge in [-0.05, 0) is 37.6 Å². The largest absolute Gasteiger partial charge is 0.332 e. The number of hydrogen-bond donors (Lipinski definition) is 0. The summed E-state index contributed by atoms with van der Waals surface area (Å²) in [6.07, 6.45) is 0.644.